The van der Waals surface area contributed by atoms with Gasteiger partial charge in [-0.2, -0.15) is 4.31 Å². The van der Waals surface area contributed by atoms with E-state index in [0.29, 0.717) is 36.6 Å². The van der Waals surface area contributed by atoms with Crippen molar-refractivity contribution in [2.75, 3.05) is 26.2 Å². The molecule has 7 heteroatoms. The molecular weight excluding hydrogens is 350 g/mol. The average Bonchev–Trinajstić information content (AvgIpc) is 2.65. The Labute approximate surface area is 154 Å². The zero-order valence-corrected chi connectivity index (χ0v) is 16.1. The third-order valence-electron chi connectivity index (χ3n) is 4.86. The summed E-state index contributed by atoms with van der Waals surface area (Å²) in [5, 5.41) is 0. The molecule has 0 aliphatic carbocycles. The number of hydrogen-bond acceptors (Lipinski definition) is 4. The van der Waals surface area contributed by atoms with E-state index in [1.54, 1.807) is 35.5 Å². The first-order valence-electron chi connectivity index (χ1n) is 8.58. The lowest BCUT2D eigenvalue weighted by atomic mass is 10.1. The van der Waals surface area contributed by atoms with Crippen molar-refractivity contribution >= 4 is 15.9 Å². The van der Waals surface area contributed by atoms with Gasteiger partial charge in [0.15, 0.2) is 0 Å². The van der Waals surface area contributed by atoms with E-state index in [9.17, 15) is 13.2 Å². The minimum atomic E-state index is -3.56. The Bertz CT molecular complexity index is 919. The van der Waals surface area contributed by atoms with Crippen molar-refractivity contribution < 1.29 is 13.2 Å². The lowest BCUT2D eigenvalue weighted by Crippen LogP contribution is -2.50. The van der Waals surface area contributed by atoms with E-state index >= 15 is 0 Å². The maximum atomic E-state index is 13.0. The van der Waals surface area contributed by atoms with Gasteiger partial charge in [0.05, 0.1) is 4.90 Å². The summed E-state index contributed by atoms with van der Waals surface area (Å²) in [5.74, 6) is -0.0909. The van der Waals surface area contributed by atoms with Gasteiger partial charge in [-0.05, 0) is 55.7 Å². The molecule has 2 heterocycles. The van der Waals surface area contributed by atoms with E-state index in [4.69, 9.17) is 0 Å². The average molecular weight is 373 g/mol. The predicted molar refractivity (Wildman–Crippen MR) is 99.6 cm³/mol. The summed E-state index contributed by atoms with van der Waals surface area (Å²) >= 11 is 0. The Morgan fingerprint density at radius 1 is 0.923 bits per heavy atom. The number of aryl methyl sites for hydroxylation is 3. The fourth-order valence-corrected chi connectivity index (χ4v) is 4.87. The number of piperazine rings is 1. The fraction of sp³-hybridized carbons (Fsp3) is 0.368. The Morgan fingerprint density at radius 2 is 1.50 bits per heavy atom. The van der Waals surface area contributed by atoms with Crippen LogP contribution in [0.2, 0.25) is 0 Å². The van der Waals surface area contributed by atoms with E-state index in [1.165, 1.54) is 4.31 Å². The maximum absolute atomic E-state index is 13.0. The minimum absolute atomic E-state index is 0.0909. The van der Waals surface area contributed by atoms with E-state index < -0.39 is 10.0 Å². The second kappa shape index (κ2) is 7.17. The molecule has 0 unspecified atom stereocenters. The highest BCUT2D eigenvalue weighted by atomic mass is 32.2. The third kappa shape index (κ3) is 3.50. The van der Waals surface area contributed by atoms with Crippen molar-refractivity contribution in [1.29, 1.82) is 0 Å². The Morgan fingerprint density at radius 3 is 2.12 bits per heavy atom. The molecule has 0 radical (unpaired) electrons. The molecule has 138 valence electrons. The fourth-order valence-electron chi connectivity index (χ4n) is 3.16. The molecule has 1 saturated heterocycles. The Balaban J connectivity index is 1.75. The maximum Gasteiger partial charge on any atom is 0.254 e. The smallest absolute Gasteiger partial charge is 0.254 e. The lowest BCUT2D eigenvalue weighted by Gasteiger charge is -2.34. The molecule has 6 nitrogen and oxygen atoms in total. The van der Waals surface area contributed by atoms with Crippen molar-refractivity contribution in [1.82, 2.24) is 14.2 Å². The highest BCUT2D eigenvalue weighted by Crippen LogP contribution is 2.24. The number of aromatic nitrogens is 1. The largest absolute Gasteiger partial charge is 0.336 e. The standard InChI is InChI=1S/C19H23N3O3S/c1-14-12-16(3)18(13-15(14)2)26(24,25)22-10-8-21(9-11-22)19(23)17-4-6-20-7-5-17/h4-7,12-13H,8-11H2,1-3H3. The first-order chi connectivity index (χ1) is 12.3. The monoisotopic (exact) mass is 373 g/mol. The summed E-state index contributed by atoms with van der Waals surface area (Å²) in [6.07, 6.45) is 3.16. The van der Waals surface area contributed by atoms with Gasteiger partial charge >= 0.3 is 0 Å². The number of carbonyl (C=O) groups excluding carboxylic acids is 1. The van der Waals surface area contributed by atoms with E-state index in [1.807, 2.05) is 26.8 Å². The van der Waals surface area contributed by atoms with Crippen molar-refractivity contribution in [2.24, 2.45) is 0 Å². The highest BCUT2D eigenvalue weighted by molar-refractivity contribution is 7.89. The minimum Gasteiger partial charge on any atom is -0.336 e. The van der Waals surface area contributed by atoms with Crippen LogP contribution in [-0.2, 0) is 10.0 Å². The molecule has 0 bridgehead atoms. The highest BCUT2D eigenvalue weighted by Gasteiger charge is 2.31. The molecule has 1 fully saturated rings. The van der Waals surface area contributed by atoms with Crippen molar-refractivity contribution in [2.45, 2.75) is 25.7 Å². The van der Waals surface area contributed by atoms with E-state index in [2.05, 4.69) is 4.98 Å². The zero-order chi connectivity index (χ0) is 18.9. The Hall–Kier alpha value is -2.25. The van der Waals surface area contributed by atoms with Gasteiger partial charge in [0, 0.05) is 44.1 Å². The Kier molecular flexibility index (Phi) is 5.11. The van der Waals surface area contributed by atoms with E-state index in [-0.39, 0.29) is 5.91 Å². The third-order valence-corrected chi connectivity index (χ3v) is 6.90. The molecule has 1 amide bonds. The summed E-state index contributed by atoms with van der Waals surface area (Å²) < 4.78 is 27.5. The molecule has 0 spiro atoms. The SMILES string of the molecule is Cc1cc(C)c(S(=O)(=O)N2CCN(C(=O)c3ccncc3)CC2)cc1C. The summed E-state index contributed by atoms with van der Waals surface area (Å²) in [4.78, 5) is 18.5. The van der Waals surface area contributed by atoms with Gasteiger partial charge in [0.1, 0.15) is 0 Å². The summed E-state index contributed by atoms with van der Waals surface area (Å²) in [5.41, 5.74) is 3.36. The van der Waals surface area contributed by atoms with Gasteiger partial charge in [-0.15, -0.1) is 0 Å². The number of amides is 1. The van der Waals surface area contributed by atoms with Crippen LogP contribution in [0.25, 0.3) is 0 Å². The zero-order valence-electron chi connectivity index (χ0n) is 15.3. The van der Waals surface area contributed by atoms with Crippen LogP contribution in [0.5, 0.6) is 0 Å². The lowest BCUT2D eigenvalue weighted by molar-refractivity contribution is 0.0697. The van der Waals surface area contributed by atoms with Gasteiger partial charge in [-0.1, -0.05) is 6.07 Å². The van der Waals surface area contributed by atoms with Crippen LogP contribution >= 0.6 is 0 Å². The summed E-state index contributed by atoms with van der Waals surface area (Å²) in [6, 6.07) is 6.99. The topological polar surface area (TPSA) is 70.6 Å². The van der Waals surface area contributed by atoms with Gasteiger partial charge in [0.2, 0.25) is 10.0 Å². The number of pyridine rings is 1. The van der Waals surface area contributed by atoms with Crippen LogP contribution in [-0.4, -0.2) is 54.7 Å². The molecule has 0 atom stereocenters. The van der Waals surface area contributed by atoms with Crippen LogP contribution in [0.15, 0.2) is 41.6 Å². The quantitative estimate of drug-likeness (QED) is 0.827. The van der Waals surface area contributed by atoms with E-state index in [0.717, 1.165) is 16.7 Å². The summed E-state index contributed by atoms with van der Waals surface area (Å²) in [6.45, 7) is 7.06. The van der Waals surface area contributed by atoms with Crippen molar-refractivity contribution in [3.8, 4) is 0 Å². The molecule has 1 aromatic heterocycles. The molecule has 2 aromatic rings. The van der Waals surface area contributed by atoms with Gasteiger partial charge in [0.25, 0.3) is 5.91 Å². The number of rotatable bonds is 3. The number of sulfonamides is 1. The number of hydrogen-bond donors (Lipinski definition) is 0. The van der Waals surface area contributed by atoms with Crippen molar-refractivity contribution in [3.05, 3.63) is 58.9 Å². The van der Waals surface area contributed by atoms with Crippen LogP contribution in [0.1, 0.15) is 27.0 Å². The van der Waals surface area contributed by atoms with Gasteiger partial charge in [-0.3, -0.25) is 9.78 Å². The normalized spacial score (nSPS) is 15.9. The van der Waals surface area contributed by atoms with Crippen LogP contribution < -0.4 is 0 Å². The predicted octanol–water partition coefficient (Wildman–Crippen LogP) is 2.15. The van der Waals surface area contributed by atoms with Crippen LogP contribution in [0.3, 0.4) is 0 Å². The first kappa shape index (κ1) is 18.5. The molecule has 1 aliphatic heterocycles. The second-order valence-electron chi connectivity index (χ2n) is 6.63. The summed E-state index contributed by atoms with van der Waals surface area (Å²) in [7, 11) is -3.56. The molecule has 1 aromatic carbocycles. The molecular formula is C19H23N3O3S. The van der Waals surface area contributed by atoms with Crippen LogP contribution in [0, 0.1) is 20.8 Å². The van der Waals surface area contributed by atoms with Gasteiger partial charge < -0.3 is 4.90 Å². The first-order valence-corrected chi connectivity index (χ1v) is 10.0. The molecule has 0 N–H and O–H groups in total. The van der Waals surface area contributed by atoms with Gasteiger partial charge in [-0.25, -0.2) is 8.42 Å². The second-order valence-corrected chi connectivity index (χ2v) is 8.54. The molecule has 3 rings (SSSR count). The number of nitrogens with zero attached hydrogens (tertiary/aromatic N) is 3. The van der Waals surface area contributed by atoms with Crippen molar-refractivity contribution in [3.63, 3.8) is 0 Å². The van der Waals surface area contributed by atoms with Crippen LogP contribution in [0.4, 0.5) is 0 Å². The molecule has 26 heavy (non-hydrogen) atoms. The molecule has 0 saturated carbocycles. The number of carbonyl (C=O) groups is 1. The number of benzene rings is 1. The molecule has 1 aliphatic rings.